The molecule has 27 heavy (non-hydrogen) atoms. The minimum atomic E-state index is 0.0334. The molecule has 0 radical (unpaired) electrons. The Bertz CT molecular complexity index is 728. The second kappa shape index (κ2) is 10.3. The Balaban J connectivity index is 1.85. The molecule has 1 atom stereocenters. The average Bonchev–Trinajstić information content (AvgIpc) is 3.00. The summed E-state index contributed by atoms with van der Waals surface area (Å²) in [6, 6.07) is 7.88. The van der Waals surface area contributed by atoms with Crippen LogP contribution < -0.4 is 10.1 Å². The van der Waals surface area contributed by atoms with Crippen molar-refractivity contribution in [1.82, 2.24) is 20.1 Å². The number of hydrogen-bond acceptors (Lipinski definition) is 5. The minimum Gasteiger partial charge on any atom is -0.497 e. The van der Waals surface area contributed by atoms with Crippen LogP contribution in [-0.4, -0.2) is 39.6 Å². The molecule has 2 aromatic rings. The number of benzene rings is 1. The lowest BCUT2D eigenvalue weighted by molar-refractivity contribution is -0.119. The van der Waals surface area contributed by atoms with Gasteiger partial charge in [-0.2, -0.15) is 0 Å². The van der Waals surface area contributed by atoms with Gasteiger partial charge in [-0.1, -0.05) is 38.5 Å². The summed E-state index contributed by atoms with van der Waals surface area (Å²) in [5.74, 6) is 2.64. The first-order valence-corrected chi connectivity index (χ1v) is 10.3. The first kappa shape index (κ1) is 21.3. The third-order valence-electron chi connectivity index (χ3n) is 4.34. The number of methoxy groups -OCH3 is 1. The zero-order chi connectivity index (χ0) is 19.8. The molecule has 6 nitrogen and oxygen atoms in total. The van der Waals surface area contributed by atoms with E-state index in [0.29, 0.717) is 11.7 Å². The van der Waals surface area contributed by atoms with Gasteiger partial charge in [0.15, 0.2) is 11.0 Å². The molecule has 7 heteroatoms. The van der Waals surface area contributed by atoms with E-state index in [1.807, 2.05) is 35.9 Å². The molecule has 0 saturated heterocycles. The van der Waals surface area contributed by atoms with Crippen LogP contribution in [0.3, 0.4) is 0 Å². The summed E-state index contributed by atoms with van der Waals surface area (Å²) >= 11 is 1.40. The van der Waals surface area contributed by atoms with Crippen LogP contribution in [0.2, 0.25) is 0 Å². The van der Waals surface area contributed by atoms with Gasteiger partial charge < -0.3 is 14.6 Å². The van der Waals surface area contributed by atoms with E-state index in [9.17, 15) is 4.79 Å². The number of ether oxygens (including phenoxy) is 1. The molecule has 0 aliphatic rings. The predicted molar refractivity (Wildman–Crippen MR) is 110 cm³/mol. The number of rotatable bonds is 10. The summed E-state index contributed by atoms with van der Waals surface area (Å²) in [7, 11) is 3.55. The molecule has 0 fully saturated rings. The topological polar surface area (TPSA) is 69.0 Å². The lowest BCUT2D eigenvalue weighted by Crippen LogP contribution is -2.33. The number of carbonyl (C=O) groups excluding carboxylic acids is 1. The summed E-state index contributed by atoms with van der Waals surface area (Å²) in [5.41, 5.74) is 0.959. The Hall–Kier alpha value is -2.02. The van der Waals surface area contributed by atoms with E-state index in [1.54, 1.807) is 7.11 Å². The fourth-order valence-electron chi connectivity index (χ4n) is 2.78. The monoisotopic (exact) mass is 390 g/mol. The number of nitrogens with one attached hydrogen (secondary N) is 1. The summed E-state index contributed by atoms with van der Waals surface area (Å²) in [4.78, 5) is 12.2. The molecule has 1 aromatic carbocycles. The molecule has 0 spiro atoms. The Kier molecular flexibility index (Phi) is 8.16. The van der Waals surface area contributed by atoms with Gasteiger partial charge in [-0.25, -0.2) is 0 Å². The van der Waals surface area contributed by atoms with Crippen molar-refractivity contribution in [3.8, 4) is 17.1 Å². The maximum absolute atomic E-state index is 12.2. The lowest BCUT2D eigenvalue weighted by Gasteiger charge is -2.14. The summed E-state index contributed by atoms with van der Waals surface area (Å²) < 4.78 is 7.09. The molecule has 1 N–H and O–H groups in total. The zero-order valence-corrected chi connectivity index (χ0v) is 17.7. The maximum Gasteiger partial charge on any atom is 0.230 e. The second-order valence-electron chi connectivity index (χ2n) is 7.18. The molecule has 1 heterocycles. The SMILES string of the molecule is COc1ccc(-c2nnc(SCC(=O)NC(C)CCCC(C)C)n2C)cc1. The van der Waals surface area contributed by atoms with Crippen LogP contribution in [0.5, 0.6) is 5.75 Å². The fraction of sp³-hybridized carbons (Fsp3) is 0.550. The molecule has 1 unspecified atom stereocenters. The highest BCUT2D eigenvalue weighted by Crippen LogP contribution is 2.24. The summed E-state index contributed by atoms with van der Waals surface area (Å²) in [5, 5.41) is 12.3. The van der Waals surface area contributed by atoms with Gasteiger partial charge >= 0.3 is 0 Å². The van der Waals surface area contributed by atoms with E-state index >= 15 is 0 Å². The van der Waals surface area contributed by atoms with Crippen molar-refractivity contribution in [1.29, 1.82) is 0 Å². The summed E-state index contributed by atoms with van der Waals surface area (Å²) in [6.45, 7) is 6.51. The Labute approximate surface area is 166 Å². The summed E-state index contributed by atoms with van der Waals surface area (Å²) in [6.07, 6.45) is 3.35. The molecule has 0 aliphatic heterocycles. The van der Waals surface area contributed by atoms with Gasteiger partial charge in [0.2, 0.25) is 5.91 Å². The minimum absolute atomic E-state index is 0.0334. The van der Waals surface area contributed by atoms with Crippen molar-refractivity contribution in [3.63, 3.8) is 0 Å². The third kappa shape index (κ3) is 6.57. The number of carbonyl (C=O) groups is 1. The van der Waals surface area contributed by atoms with Crippen molar-refractivity contribution in [3.05, 3.63) is 24.3 Å². The fourth-order valence-corrected chi connectivity index (χ4v) is 3.51. The maximum atomic E-state index is 12.2. The van der Waals surface area contributed by atoms with Crippen molar-refractivity contribution >= 4 is 17.7 Å². The van der Waals surface area contributed by atoms with Crippen molar-refractivity contribution in [2.75, 3.05) is 12.9 Å². The predicted octanol–water partition coefficient (Wildman–Crippen LogP) is 3.91. The molecule has 0 bridgehead atoms. The van der Waals surface area contributed by atoms with Gasteiger partial charge in [0, 0.05) is 18.7 Å². The first-order valence-electron chi connectivity index (χ1n) is 9.36. The molecule has 1 aromatic heterocycles. The number of aromatic nitrogens is 3. The highest BCUT2D eigenvalue weighted by molar-refractivity contribution is 7.99. The molecule has 2 rings (SSSR count). The smallest absolute Gasteiger partial charge is 0.230 e. The highest BCUT2D eigenvalue weighted by atomic mass is 32.2. The van der Waals surface area contributed by atoms with Gasteiger partial charge in [0.25, 0.3) is 0 Å². The zero-order valence-electron chi connectivity index (χ0n) is 16.9. The van der Waals surface area contributed by atoms with Crippen LogP contribution in [0.15, 0.2) is 29.4 Å². The number of nitrogens with zero attached hydrogens (tertiary/aromatic N) is 3. The molecule has 148 valence electrons. The normalized spacial score (nSPS) is 12.2. The van der Waals surface area contributed by atoms with Crippen molar-refractivity contribution in [2.45, 2.75) is 51.2 Å². The van der Waals surface area contributed by atoms with E-state index < -0.39 is 0 Å². The van der Waals surface area contributed by atoms with Crippen LogP contribution in [-0.2, 0) is 11.8 Å². The third-order valence-corrected chi connectivity index (χ3v) is 5.36. The molecule has 1 amide bonds. The number of hydrogen-bond donors (Lipinski definition) is 1. The van der Waals surface area contributed by atoms with Gasteiger partial charge in [0.05, 0.1) is 12.9 Å². The van der Waals surface area contributed by atoms with E-state index in [1.165, 1.54) is 18.2 Å². The molecule has 0 aliphatic carbocycles. The van der Waals surface area contributed by atoms with Crippen LogP contribution in [0, 0.1) is 5.92 Å². The Morgan fingerprint density at radius 2 is 1.89 bits per heavy atom. The van der Waals surface area contributed by atoms with Crippen LogP contribution >= 0.6 is 11.8 Å². The van der Waals surface area contributed by atoms with Crippen molar-refractivity contribution < 1.29 is 9.53 Å². The van der Waals surface area contributed by atoms with Gasteiger partial charge in [0.1, 0.15) is 5.75 Å². The Morgan fingerprint density at radius 3 is 2.52 bits per heavy atom. The number of amides is 1. The largest absolute Gasteiger partial charge is 0.497 e. The van der Waals surface area contributed by atoms with Gasteiger partial charge in [-0.05, 0) is 43.5 Å². The first-order chi connectivity index (χ1) is 12.9. The van der Waals surface area contributed by atoms with Crippen molar-refractivity contribution in [2.24, 2.45) is 13.0 Å². The molecule has 0 saturated carbocycles. The average molecular weight is 391 g/mol. The number of thioether (sulfide) groups is 1. The van der Waals surface area contributed by atoms with Crippen LogP contribution in [0.25, 0.3) is 11.4 Å². The highest BCUT2D eigenvalue weighted by Gasteiger charge is 2.14. The molecular weight excluding hydrogens is 360 g/mol. The Morgan fingerprint density at radius 1 is 1.19 bits per heavy atom. The lowest BCUT2D eigenvalue weighted by atomic mass is 10.0. The van der Waals surface area contributed by atoms with Gasteiger partial charge in [-0.3, -0.25) is 4.79 Å². The van der Waals surface area contributed by atoms with Crippen LogP contribution in [0.4, 0.5) is 0 Å². The van der Waals surface area contributed by atoms with E-state index in [2.05, 4.69) is 36.3 Å². The van der Waals surface area contributed by atoms with Gasteiger partial charge in [-0.15, -0.1) is 10.2 Å². The second-order valence-corrected chi connectivity index (χ2v) is 8.12. The standard InChI is InChI=1S/C20H30N4O2S/c1-14(2)7-6-8-15(3)21-18(25)13-27-20-23-22-19(24(20)4)16-9-11-17(26-5)12-10-16/h9-12,14-15H,6-8,13H2,1-5H3,(H,21,25). The van der Waals surface area contributed by atoms with E-state index in [4.69, 9.17) is 4.74 Å². The van der Waals surface area contributed by atoms with E-state index in [0.717, 1.165) is 35.1 Å². The quantitative estimate of drug-likeness (QED) is 0.623. The molecular formula is C20H30N4O2S. The van der Waals surface area contributed by atoms with E-state index in [-0.39, 0.29) is 11.9 Å². The van der Waals surface area contributed by atoms with Crippen LogP contribution in [0.1, 0.15) is 40.0 Å².